The molecule has 27 heavy (non-hydrogen) atoms. The van der Waals surface area contributed by atoms with E-state index in [-0.39, 0.29) is 19.1 Å². The van der Waals surface area contributed by atoms with Crippen LogP contribution in [0.5, 0.6) is 0 Å². The van der Waals surface area contributed by atoms with Gasteiger partial charge in [-0.15, -0.1) is 0 Å². The Morgan fingerprint density at radius 3 is 2.26 bits per heavy atom. The highest BCUT2D eigenvalue weighted by molar-refractivity contribution is 5.12. The summed E-state index contributed by atoms with van der Waals surface area (Å²) >= 11 is 0. The molecule has 3 aliphatic rings. The molecule has 0 spiro atoms. The van der Waals surface area contributed by atoms with Crippen molar-refractivity contribution in [2.45, 2.75) is 80.5 Å². The Kier molecular flexibility index (Phi) is 6.15. The second kappa shape index (κ2) is 7.79. The molecule has 158 valence electrons. The molecule has 0 aromatic rings. The van der Waals surface area contributed by atoms with Gasteiger partial charge in [0.1, 0.15) is 23.9 Å². The average molecular weight is 391 g/mol. The van der Waals surface area contributed by atoms with Gasteiger partial charge < -0.3 is 50.6 Å². The van der Waals surface area contributed by atoms with E-state index in [1.807, 2.05) is 6.92 Å². The summed E-state index contributed by atoms with van der Waals surface area (Å²) in [4.78, 5) is 0. The van der Waals surface area contributed by atoms with Gasteiger partial charge in [0, 0.05) is 13.0 Å². The van der Waals surface area contributed by atoms with Gasteiger partial charge in [-0.05, 0) is 27.6 Å². The highest BCUT2D eigenvalue weighted by Gasteiger charge is 2.68. The quantitative estimate of drug-likeness (QED) is 0.256. The first-order valence-electron chi connectivity index (χ1n) is 9.57. The number of rotatable bonds is 5. The van der Waals surface area contributed by atoms with Crippen LogP contribution in [0.2, 0.25) is 0 Å². The number of ether oxygens (including phenoxy) is 3. The average Bonchev–Trinajstić information content (AvgIpc) is 2.61. The van der Waals surface area contributed by atoms with Crippen LogP contribution in [0.1, 0.15) is 20.3 Å². The number of aliphatic hydroxyl groups excluding tert-OH is 2. The minimum atomic E-state index is -2.15. The first-order valence-corrected chi connectivity index (χ1v) is 9.57. The number of nitrogens with one attached hydrogen (secondary N) is 3. The zero-order valence-corrected chi connectivity index (χ0v) is 16.3. The molecule has 2 aliphatic heterocycles. The van der Waals surface area contributed by atoms with E-state index in [9.17, 15) is 20.4 Å². The fraction of sp³-hybridized carbons (Fsp3) is 1.00. The third kappa shape index (κ3) is 3.31. The zero-order chi connectivity index (χ0) is 20.0. The molecule has 10 heteroatoms. The lowest BCUT2D eigenvalue weighted by molar-refractivity contribution is -0.482. The number of likely N-dealkylation sites (N-methyl/N-ethyl adjacent to an activating group) is 3. The molecule has 0 radical (unpaired) electrons. The van der Waals surface area contributed by atoms with Crippen molar-refractivity contribution < 1.29 is 34.6 Å². The Morgan fingerprint density at radius 2 is 1.67 bits per heavy atom. The van der Waals surface area contributed by atoms with Gasteiger partial charge in [0.2, 0.25) is 12.1 Å². The van der Waals surface area contributed by atoms with Crippen molar-refractivity contribution in [1.82, 2.24) is 16.0 Å². The van der Waals surface area contributed by atoms with E-state index in [0.29, 0.717) is 6.54 Å². The minimum absolute atomic E-state index is 0.0828. The smallest absolute Gasteiger partial charge is 0.249 e. The molecule has 3 fully saturated rings. The summed E-state index contributed by atoms with van der Waals surface area (Å²) in [5.74, 6) is -2.15. The molecule has 1 saturated carbocycles. The van der Waals surface area contributed by atoms with Crippen molar-refractivity contribution in [3.05, 3.63) is 0 Å². The van der Waals surface area contributed by atoms with E-state index in [1.54, 1.807) is 21.0 Å². The molecule has 0 unspecified atom stereocenters. The fourth-order valence-corrected chi connectivity index (χ4v) is 4.56. The first kappa shape index (κ1) is 21.3. The predicted molar refractivity (Wildman–Crippen MR) is 94.9 cm³/mol. The SMILES string of the molecule is CCNC[C@]1(O)C[C@@H](C)O[C@H]2O[C@@H]3[C@@H](O)[C@H](NC)[C@H](O)[C@H](NC)[C@H]3O[C@]21O. The molecular formula is C17H33N3O7. The van der Waals surface area contributed by atoms with Crippen LogP contribution in [0.3, 0.4) is 0 Å². The van der Waals surface area contributed by atoms with E-state index in [1.165, 1.54) is 0 Å². The Bertz CT molecular complexity index is 529. The van der Waals surface area contributed by atoms with Crippen LogP contribution < -0.4 is 16.0 Å². The molecule has 2 heterocycles. The van der Waals surface area contributed by atoms with Gasteiger partial charge in [0.25, 0.3) is 0 Å². The molecule has 0 aromatic carbocycles. The van der Waals surface area contributed by atoms with Crippen molar-refractivity contribution in [3.63, 3.8) is 0 Å². The summed E-state index contributed by atoms with van der Waals surface area (Å²) < 4.78 is 17.7. The summed E-state index contributed by atoms with van der Waals surface area (Å²) in [6, 6.07) is -1.29. The predicted octanol–water partition coefficient (Wildman–Crippen LogP) is -3.15. The topological polar surface area (TPSA) is 145 Å². The molecule has 0 amide bonds. The molecule has 1 aliphatic carbocycles. The maximum atomic E-state index is 11.3. The molecule has 10 nitrogen and oxygen atoms in total. The maximum Gasteiger partial charge on any atom is 0.249 e. The van der Waals surface area contributed by atoms with Crippen molar-refractivity contribution in [1.29, 1.82) is 0 Å². The van der Waals surface area contributed by atoms with Crippen LogP contribution in [0, 0.1) is 0 Å². The van der Waals surface area contributed by atoms with E-state index < -0.39 is 54.2 Å². The van der Waals surface area contributed by atoms with Crippen LogP contribution in [0.25, 0.3) is 0 Å². The normalized spacial score (nSPS) is 52.9. The Morgan fingerprint density at radius 1 is 1.00 bits per heavy atom. The van der Waals surface area contributed by atoms with Crippen molar-refractivity contribution in [3.8, 4) is 0 Å². The van der Waals surface area contributed by atoms with E-state index in [4.69, 9.17) is 14.2 Å². The minimum Gasteiger partial charge on any atom is -0.390 e. The summed E-state index contributed by atoms with van der Waals surface area (Å²) in [5.41, 5.74) is -1.66. The van der Waals surface area contributed by atoms with Crippen LogP contribution in [-0.4, -0.2) is 108 Å². The molecule has 0 aromatic heterocycles. The summed E-state index contributed by atoms with van der Waals surface area (Å²) in [6.45, 7) is 4.36. The van der Waals surface area contributed by atoms with Crippen LogP contribution in [0.15, 0.2) is 0 Å². The van der Waals surface area contributed by atoms with Gasteiger partial charge in [-0.3, -0.25) is 0 Å². The Hall–Kier alpha value is -0.400. The summed E-state index contributed by atoms with van der Waals surface area (Å²) in [5, 5.41) is 52.8. The van der Waals surface area contributed by atoms with Gasteiger partial charge in [-0.2, -0.15) is 0 Å². The van der Waals surface area contributed by atoms with Gasteiger partial charge in [-0.25, -0.2) is 0 Å². The van der Waals surface area contributed by atoms with Gasteiger partial charge >= 0.3 is 0 Å². The van der Waals surface area contributed by atoms with Gasteiger partial charge in [-0.1, -0.05) is 6.92 Å². The lowest BCUT2D eigenvalue weighted by Gasteiger charge is -2.60. The Labute approximate surface area is 159 Å². The van der Waals surface area contributed by atoms with Crippen LogP contribution in [-0.2, 0) is 14.2 Å². The first-order chi connectivity index (χ1) is 12.7. The molecule has 3 rings (SSSR count). The summed E-state index contributed by atoms with van der Waals surface area (Å²) in [6.07, 6.45) is -5.35. The third-order valence-corrected chi connectivity index (χ3v) is 6.02. The van der Waals surface area contributed by atoms with Crippen molar-refractivity contribution >= 4 is 0 Å². The second-order valence-corrected chi connectivity index (χ2v) is 7.78. The lowest BCUT2D eigenvalue weighted by Crippen LogP contribution is -2.81. The second-order valence-electron chi connectivity index (χ2n) is 7.78. The number of hydrogen-bond acceptors (Lipinski definition) is 10. The van der Waals surface area contributed by atoms with Crippen molar-refractivity contribution in [2.75, 3.05) is 27.2 Å². The molecule has 0 bridgehead atoms. The number of aliphatic hydroxyl groups is 4. The molecule has 10 atom stereocenters. The van der Waals surface area contributed by atoms with E-state index in [0.717, 1.165) is 0 Å². The standard InChI is InChI=1S/C17H33N3O7/c1-5-20-7-16(23)6-8(2)25-15-17(16,24)27-13-10(19-4)11(21)9(18-3)12(22)14(13)26-15/h8-15,18-24H,5-7H2,1-4H3/t8-,9-,10+,11+,12+,13-,14-,15+,16-,17-/m1/s1. The summed E-state index contributed by atoms with van der Waals surface area (Å²) in [7, 11) is 3.29. The zero-order valence-electron chi connectivity index (χ0n) is 16.3. The maximum absolute atomic E-state index is 11.3. The monoisotopic (exact) mass is 391 g/mol. The highest BCUT2D eigenvalue weighted by Crippen LogP contribution is 2.46. The van der Waals surface area contributed by atoms with Crippen LogP contribution >= 0.6 is 0 Å². The van der Waals surface area contributed by atoms with Crippen LogP contribution in [0.4, 0.5) is 0 Å². The largest absolute Gasteiger partial charge is 0.390 e. The lowest BCUT2D eigenvalue weighted by atomic mass is 9.77. The molecule has 2 saturated heterocycles. The van der Waals surface area contributed by atoms with Gasteiger partial charge in [0.05, 0.1) is 24.3 Å². The van der Waals surface area contributed by atoms with Gasteiger partial charge in [0.15, 0.2) is 0 Å². The molecular weight excluding hydrogens is 358 g/mol. The number of fused-ring (bicyclic) bond motifs is 2. The molecule has 7 N–H and O–H groups in total. The van der Waals surface area contributed by atoms with E-state index >= 15 is 0 Å². The fourth-order valence-electron chi connectivity index (χ4n) is 4.56. The van der Waals surface area contributed by atoms with Crippen molar-refractivity contribution in [2.24, 2.45) is 0 Å². The highest BCUT2D eigenvalue weighted by atomic mass is 16.8. The third-order valence-electron chi connectivity index (χ3n) is 6.02. The van der Waals surface area contributed by atoms with E-state index in [2.05, 4.69) is 16.0 Å². The number of hydrogen-bond donors (Lipinski definition) is 7. The Balaban J connectivity index is 1.94.